The molecule has 0 unspecified atom stereocenters. The molecule has 0 fully saturated rings. The third-order valence-electron chi connectivity index (χ3n) is 3.00. The molecule has 1 atom stereocenters. The molecule has 2 rings (SSSR count). The predicted molar refractivity (Wildman–Crippen MR) is 79.8 cm³/mol. The van der Waals surface area contributed by atoms with E-state index >= 15 is 0 Å². The molecule has 3 N–H and O–H groups in total. The Morgan fingerprint density at radius 3 is 2.91 bits per heavy atom. The van der Waals surface area contributed by atoms with Gasteiger partial charge in [0.05, 0.1) is 17.3 Å². The van der Waals surface area contributed by atoms with Gasteiger partial charge in [-0.25, -0.2) is 9.18 Å². The van der Waals surface area contributed by atoms with E-state index in [1.165, 1.54) is 12.1 Å². The molecule has 1 heterocycles. The summed E-state index contributed by atoms with van der Waals surface area (Å²) in [4.78, 5) is 11.6. The van der Waals surface area contributed by atoms with Crippen LogP contribution in [0.15, 0.2) is 30.6 Å². The number of nitrogens with one attached hydrogen (secondary N) is 2. The minimum absolute atomic E-state index is 0.0156. The Hall–Kier alpha value is -2.12. The van der Waals surface area contributed by atoms with Crippen LogP contribution in [0.4, 0.5) is 9.18 Å². The number of rotatable bonds is 5. The number of halogens is 2. The third-order valence-corrected chi connectivity index (χ3v) is 3.30. The molecule has 0 spiro atoms. The number of aromatic nitrogens is 2. The SMILES string of the molecule is Cn1cc(CNC(=O)NC[C@@H](O)c2ccc(Cl)c(F)c2)cn1. The van der Waals surface area contributed by atoms with Crippen molar-refractivity contribution in [2.75, 3.05) is 6.54 Å². The maximum atomic E-state index is 13.3. The molecule has 2 aromatic rings. The van der Waals surface area contributed by atoms with Crippen molar-refractivity contribution in [2.24, 2.45) is 7.05 Å². The summed E-state index contributed by atoms with van der Waals surface area (Å²) in [5.74, 6) is -0.612. The summed E-state index contributed by atoms with van der Waals surface area (Å²) >= 11 is 5.57. The van der Waals surface area contributed by atoms with Crippen LogP contribution in [0.3, 0.4) is 0 Å². The van der Waals surface area contributed by atoms with Crippen molar-refractivity contribution in [3.05, 3.63) is 52.6 Å². The first kappa shape index (κ1) is 16.3. The highest BCUT2D eigenvalue weighted by Crippen LogP contribution is 2.19. The average Bonchev–Trinajstić information content (AvgIpc) is 2.91. The van der Waals surface area contributed by atoms with Gasteiger partial charge in [0.2, 0.25) is 0 Å². The number of amides is 2. The second kappa shape index (κ2) is 7.24. The van der Waals surface area contributed by atoms with Crippen LogP contribution in [0.2, 0.25) is 5.02 Å². The number of carbonyl (C=O) groups excluding carboxylic acids is 1. The number of aryl methyl sites for hydroxylation is 1. The van der Waals surface area contributed by atoms with Gasteiger partial charge < -0.3 is 15.7 Å². The lowest BCUT2D eigenvalue weighted by Gasteiger charge is -2.13. The zero-order valence-corrected chi connectivity index (χ0v) is 12.6. The van der Waals surface area contributed by atoms with Gasteiger partial charge >= 0.3 is 6.03 Å². The van der Waals surface area contributed by atoms with E-state index in [0.29, 0.717) is 12.1 Å². The molecule has 0 aliphatic carbocycles. The molecule has 1 aromatic carbocycles. The third kappa shape index (κ3) is 4.44. The monoisotopic (exact) mass is 326 g/mol. The molecule has 0 aliphatic heterocycles. The first-order chi connectivity index (χ1) is 10.5. The fourth-order valence-corrected chi connectivity index (χ4v) is 1.95. The van der Waals surface area contributed by atoms with E-state index in [-0.39, 0.29) is 11.6 Å². The summed E-state index contributed by atoms with van der Waals surface area (Å²) in [5, 5.41) is 19.0. The Morgan fingerprint density at radius 2 is 2.27 bits per heavy atom. The van der Waals surface area contributed by atoms with Crippen LogP contribution >= 0.6 is 11.6 Å². The smallest absolute Gasteiger partial charge is 0.315 e. The number of hydrogen-bond donors (Lipinski definition) is 3. The minimum atomic E-state index is -1.02. The largest absolute Gasteiger partial charge is 0.387 e. The number of nitrogens with zero attached hydrogens (tertiary/aromatic N) is 2. The number of urea groups is 1. The predicted octanol–water partition coefficient (Wildman–Crippen LogP) is 1.75. The highest BCUT2D eigenvalue weighted by atomic mass is 35.5. The molecule has 0 bridgehead atoms. The highest BCUT2D eigenvalue weighted by molar-refractivity contribution is 6.30. The molecule has 0 saturated heterocycles. The van der Waals surface area contributed by atoms with Gasteiger partial charge in [-0.15, -0.1) is 0 Å². The Kier molecular flexibility index (Phi) is 5.35. The molecular formula is C14H16ClFN4O2. The molecule has 1 aromatic heterocycles. The van der Waals surface area contributed by atoms with Crippen LogP contribution in [-0.2, 0) is 13.6 Å². The zero-order chi connectivity index (χ0) is 16.1. The van der Waals surface area contributed by atoms with Gasteiger partial charge in [0.15, 0.2) is 0 Å². The first-order valence-corrected chi connectivity index (χ1v) is 6.95. The zero-order valence-electron chi connectivity index (χ0n) is 11.9. The van der Waals surface area contributed by atoms with Crippen molar-refractivity contribution in [2.45, 2.75) is 12.6 Å². The van der Waals surface area contributed by atoms with Crippen molar-refractivity contribution < 1.29 is 14.3 Å². The number of hydrogen-bond acceptors (Lipinski definition) is 3. The van der Waals surface area contributed by atoms with Gasteiger partial charge in [-0.2, -0.15) is 5.10 Å². The summed E-state index contributed by atoms with van der Waals surface area (Å²) in [7, 11) is 1.78. The minimum Gasteiger partial charge on any atom is -0.387 e. The standard InChI is InChI=1S/C14H16ClFN4O2/c1-20-8-9(6-19-20)5-17-14(22)18-7-13(21)10-2-3-11(15)12(16)4-10/h2-4,6,8,13,21H,5,7H2,1H3,(H2,17,18,22)/t13-/m1/s1. The molecule has 22 heavy (non-hydrogen) atoms. The molecule has 0 radical (unpaired) electrons. The first-order valence-electron chi connectivity index (χ1n) is 6.58. The van der Waals surface area contributed by atoms with Crippen molar-refractivity contribution in [1.29, 1.82) is 0 Å². The maximum Gasteiger partial charge on any atom is 0.315 e. The van der Waals surface area contributed by atoms with Gasteiger partial charge in [0.25, 0.3) is 0 Å². The molecule has 6 nitrogen and oxygen atoms in total. The van der Waals surface area contributed by atoms with Crippen LogP contribution in [0.25, 0.3) is 0 Å². The molecule has 118 valence electrons. The lowest BCUT2D eigenvalue weighted by Crippen LogP contribution is -2.37. The van der Waals surface area contributed by atoms with E-state index < -0.39 is 18.0 Å². The van der Waals surface area contributed by atoms with Gasteiger partial charge in [0.1, 0.15) is 5.82 Å². The molecule has 0 saturated carbocycles. The van der Waals surface area contributed by atoms with Crippen molar-refractivity contribution in [3.8, 4) is 0 Å². The van der Waals surface area contributed by atoms with E-state index in [2.05, 4.69) is 15.7 Å². The van der Waals surface area contributed by atoms with Gasteiger partial charge in [0, 0.05) is 31.9 Å². The second-order valence-electron chi connectivity index (χ2n) is 4.78. The van der Waals surface area contributed by atoms with E-state index in [0.717, 1.165) is 11.6 Å². The summed E-state index contributed by atoms with van der Waals surface area (Å²) in [6.07, 6.45) is 2.41. The van der Waals surface area contributed by atoms with Crippen LogP contribution in [0.1, 0.15) is 17.2 Å². The maximum absolute atomic E-state index is 13.3. The van der Waals surface area contributed by atoms with Crippen LogP contribution in [0, 0.1) is 5.82 Å². The van der Waals surface area contributed by atoms with E-state index in [1.54, 1.807) is 24.1 Å². The number of benzene rings is 1. The number of carbonyl (C=O) groups is 1. The molecular weight excluding hydrogens is 311 g/mol. The van der Waals surface area contributed by atoms with E-state index in [9.17, 15) is 14.3 Å². The Morgan fingerprint density at radius 1 is 1.50 bits per heavy atom. The summed E-state index contributed by atoms with van der Waals surface area (Å²) in [6, 6.07) is 3.57. The molecule has 8 heteroatoms. The molecule has 0 aliphatic rings. The van der Waals surface area contributed by atoms with Crippen molar-refractivity contribution in [3.63, 3.8) is 0 Å². The lowest BCUT2D eigenvalue weighted by atomic mass is 10.1. The number of aliphatic hydroxyl groups excluding tert-OH is 1. The topological polar surface area (TPSA) is 79.2 Å². The van der Waals surface area contributed by atoms with E-state index in [4.69, 9.17) is 11.6 Å². The average molecular weight is 327 g/mol. The Labute approximate surface area is 131 Å². The van der Waals surface area contributed by atoms with Crippen LogP contribution in [-0.4, -0.2) is 27.5 Å². The highest BCUT2D eigenvalue weighted by Gasteiger charge is 2.11. The van der Waals surface area contributed by atoms with Crippen LogP contribution in [0.5, 0.6) is 0 Å². The summed E-state index contributed by atoms with van der Waals surface area (Å²) in [5.41, 5.74) is 1.20. The van der Waals surface area contributed by atoms with Crippen molar-refractivity contribution in [1.82, 2.24) is 20.4 Å². The fraction of sp³-hybridized carbons (Fsp3) is 0.286. The Balaban J connectivity index is 1.78. The van der Waals surface area contributed by atoms with Crippen molar-refractivity contribution >= 4 is 17.6 Å². The second-order valence-corrected chi connectivity index (χ2v) is 5.18. The fourth-order valence-electron chi connectivity index (χ4n) is 1.83. The van der Waals surface area contributed by atoms with Crippen LogP contribution < -0.4 is 10.6 Å². The number of aliphatic hydroxyl groups is 1. The van der Waals surface area contributed by atoms with E-state index in [1.807, 2.05) is 0 Å². The molecule has 2 amide bonds. The van der Waals surface area contributed by atoms with Gasteiger partial charge in [-0.05, 0) is 17.7 Å². The summed E-state index contributed by atoms with van der Waals surface area (Å²) < 4.78 is 14.9. The lowest BCUT2D eigenvalue weighted by molar-refractivity contribution is 0.172. The van der Waals surface area contributed by atoms with Gasteiger partial charge in [-0.3, -0.25) is 4.68 Å². The Bertz CT molecular complexity index is 662. The quantitative estimate of drug-likeness (QED) is 0.783. The summed E-state index contributed by atoms with van der Waals surface area (Å²) in [6.45, 7) is 0.283. The normalized spacial score (nSPS) is 12.0. The van der Waals surface area contributed by atoms with Gasteiger partial charge in [-0.1, -0.05) is 17.7 Å².